The van der Waals surface area contributed by atoms with Crippen molar-refractivity contribution < 1.29 is 0 Å². The van der Waals surface area contributed by atoms with Crippen LogP contribution in [-0.2, 0) is 0 Å². The third kappa shape index (κ3) is 1.97. The van der Waals surface area contributed by atoms with Crippen molar-refractivity contribution in [2.75, 3.05) is 17.7 Å². The minimum absolute atomic E-state index is 0.589. The topological polar surface area (TPSA) is 49.8 Å². The maximum absolute atomic E-state index is 4.33. The van der Waals surface area contributed by atoms with Crippen molar-refractivity contribution in [3.63, 3.8) is 0 Å². The Morgan fingerprint density at radius 1 is 1.50 bits per heavy atom. The molecule has 1 heterocycles. The van der Waals surface area contributed by atoms with Gasteiger partial charge in [0.1, 0.15) is 5.82 Å². The average Bonchev–Trinajstić information content (AvgIpc) is 2.14. The van der Waals surface area contributed by atoms with Crippen LogP contribution in [0.4, 0.5) is 11.8 Å². The molecule has 1 aliphatic carbocycles. The first-order valence-corrected chi connectivity index (χ1v) is 5.55. The standard InChI is InChI=1S/C9H13BrN4/c1-11-9-12-5-7(10)8(14-9)13-6-3-2-4-6/h5-6H,2-4H2,1H3,(H2,11,12,13,14). The fourth-order valence-corrected chi connectivity index (χ4v) is 1.64. The molecule has 1 fully saturated rings. The van der Waals surface area contributed by atoms with E-state index in [0.717, 1.165) is 10.3 Å². The van der Waals surface area contributed by atoms with E-state index in [-0.39, 0.29) is 0 Å². The van der Waals surface area contributed by atoms with Crippen molar-refractivity contribution in [1.29, 1.82) is 0 Å². The highest BCUT2D eigenvalue weighted by molar-refractivity contribution is 9.10. The smallest absolute Gasteiger partial charge is 0.224 e. The number of nitrogens with zero attached hydrogens (tertiary/aromatic N) is 2. The van der Waals surface area contributed by atoms with Crippen LogP contribution in [0.25, 0.3) is 0 Å². The second-order valence-corrected chi connectivity index (χ2v) is 4.27. The number of nitrogens with one attached hydrogen (secondary N) is 2. The van der Waals surface area contributed by atoms with Gasteiger partial charge in [0.05, 0.1) is 4.47 Å². The lowest BCUT2D eigenvalue weighted by molar-refractivity contribution is 0.444. The Morgan fingerprint density at radius 3 is 2.86 bits per heavy atom. The quantitative estimate of drug-likeness (QED) is 0.871. The Balaban J connectivity index is 2.13. The predicted molar refractivity (Wildman–Crippen MR) is 60.5 cm³/mol. The van der Waals surface area contributed by atoms with Gasteiger partial charge in [-0.3, -0.25) is 0 Å². The molecule has 0 aromatic carbocycles. The van der Waals surface area contributed by atoms with Crippen LogP contribution in [0.2, 0.25) is 0 Å². The van der Waals surface area contributed by atoms with Crippen LogP contribution < -0.4 is 10.6 Å². The number of rotatable bonds is 3. The van der Waals surface area contributed by atoms with Gasteiger partial charge in [0, 0.05) is 19.3 Å². The lowest BCUT2D eigenvalue weighted by Crippen LogP contribution is -2.27. The molecule has 0 unspecified atom stereocenters. The Labute approximate surface area is 91.7 Å². The van der Waals surface area contributed by atoms with Crippen molar-refractivity contribution in [2.45, 2.75) is 25.3 Å². The van der Waals surface area contributed by atoms with Gasteiger partial charge in [-0.25, -0.2) is 4.98 Å². The number of anilines is 2. The Morgan fingerprint density at radius 2 is 2.29 bits per heavy atom. The summed E-state index contributed by atoms with van der Waals surface area (Å²) in [6.07, 6.45) is 5.57. The molecule has 4 nitrogen and oxygen atoms in total. The molecule has 0 bridgehead atoms. The molecule has 1 saturated carbocycles. The maximum Gasteiger partial charge on any atom is 0.224 e. The molecule has 14 heavy (non-hydrogen) atoms. The van der Waals surface area contributed by atoms with Crippen LogP contribution in [0.15, 0.2) is 10.7 Å². The summed E-state index contributed by atoms with van der Waals surface area (Å²) in [6.45, 7) is 0. The van der Waals surface area contributed by atoms with Crippen LogP contribution in [0.5, 0.6) is 0 Å². The van der Waals surface area contributed by atoms with Crippen LogP contribution >= 0.6 is 15.9 Å². The molecular weight excluding hydrogens is 244 g/mol. The van der Waals surface area contributed by atoms with Gasteiger partial charge >= 0.3 is 0 Å². The highest BCUT2D eigenvalue weighted by Gasteiger charge is 2.18. The van der Waals surface area contributed by atoms with Crippen molar-refractivity contribution >= 4 is 27.7 Å². The highest BCUT2D eigenvalue weighted by Crippen LogP contribution is 2.26. The number of aromatic nitrogens is 2. The van der Waals surface area contributed by atoms with Crippen LogP contribution in [-0.4, -0.2) is 23.1 Å². The Hall–Kier alpha value is -0.840. The SMILES string of the molecule is CNc1ncc(Br)c(NC2CCC2)n1. The van der Waals surface area contributed by atoms with E-state index in [1.807, 2.05) is 7.05 Å². The lowest BCUT2D eigenvalue weighted by atomic mass is 9.93. The zero-order valence-corrected chi connectivity index (χ0v) is 9.63. The van der Waals surface area contributed by atoms with Crippen LogP contribution in [0.1, 0.15) is 19.3 Å². The molecule has 0 aliphatic heterocycles. The second-order valence-electron chi connectivity index (χ2n) is 3.41. The normalized spacial score (nSPS) is 16.1. The van der Waals surface area contributed by atoms with Gasteiger partial charge in [0.15, 0.2) is 0 Å². The number of halogens is 1. The van der Waals surface area contributed by atoms with E-state index >= 15 is 0 Å². The fourth-order valence-electron chi connectivity index (χ4n) is 1.33. The van der Waals surface area contributed by atoms with E-state index in [0.29, 0.717) is 12.0 Å². The number of hydrogen-bond acceptors (Lipinski definition) is 4. The van der Waals surface area contributed by atoms with E-state index in [1.54, 1.807) is 6.20 Å². The average molecular weight is 257 g/mol. The molecule has 1 aliphatic rings. The first kappa shape index (κ1) is 9.71. The molecule has 5 heteroatoms. The Kier molecular flexibility index (Phi) is 2.86. The summed E-state index contributed by atoms with van der Waals surface area (Å²) >= 11 is 3.43. The first-order valence-electron chi connectivity index (χ1n) is 4.76. The molecule has 0 spiro atoms. The fraction of sp³-hybridized carbons (Fsp3) is 0.556. The number of hydrogen-bond donors (Lipinski definition) is 2. The van der Waals surface area contributed by atoms with E-state index < -0.39 is 0 Å². The molecular formula is C9H13BrN4. The predicted octanol–water partition coefficient (Wildman–Crippen LogP) is 2.25. The summed E-state index contributed by atoms with van der Waals surface area (Å²) in [5.74, 6) is 1.53. The van der Waals surface area contributed by atoms with E-state index in [4.69, 9.17) is 0 Å². The molecule has 2 rings (SSSR count). The Bertz CT molecular complexity index is 325. The van der Waals surface area contributed by atoms with Gasteiger partial charge in [-0.2, -0.15) is 4.98 Å². The van der Waals surface area contributed by atoms with Crippen molar-refractivity contribution in [2.24, 2.45) is 0 Å². The van der Waals surface area contributed by atoms with Gasteiger partial charge in [0.2, 0.25) is 5.95 Å². The largest absolute Gasteiger partial charge is 0.366 e. The van der Waals surface area contributed by atoms with Crippen molar-refractivity contribution in [3.05, 3.63) is 10.7 Å². The zero-order valence-electron chi connectivity index (χ0n) is 8.05. The van der Waals surface area contributed by atoms with Gasteiger partial charge in [-0.05, 0) is 35.2 Å². The second kappa shape index (κ2) is 4.13. The van der Waals surface area contributed by atoms with Crippen molar-refractivity contribution in [1.82, 2.24) is 9.97 Å². The summed E-state index contributed by atoms with van der Waals surface area (Å²) in [7, 11) is 1.82. The molecule has 0 amide bonds. The van der Waals surface area contributed by atoms with Gasteiger partial charge < -0.3 is 10.6 Å². The minimum Gasteiger partial charge on any atom is -0.366 e. The first-order chi connectivity index (χ1) is 6.79. The molecule has 1 aromatic heterocycles. The lowest BCUT2D eigenvalue weighted by Gasteiger charge is -2.27. The third-order valence-corrected chi connectivity index (χ3v) is 2.99. The third-order valence-electron chi connectivity index (χ3n) is 2.41. The summed E-state index contributed by atoms with van der Waals surface area (Å²) in [6, 6.07) is 0.589. The van der Waals surface area contributed by atoms with Crippen LogP contribution in [0.3, 0.4) is 0 Å². The summed E-state index contributed by atoms with van der Waals surface area (Å²) < 4.78 is 0.920. The van der Waals surface area contributed by atoms with Crippen LogP contribution in [0, 0.1) is 0 Å². The summed E-state index contributed by atoms with van der Waals surface area (Å²) in [5, 5.41) is 6.30. The minimum atomic E-state index is 0.589. The monoisotopic (exact) mass is 256 g/mol. The van der Waals surface area contributed by atoms with E-state index in [1.165, 1.54) is 19.3 Å². The molecule has 0 atom stereocenters. The van der Waals surface area contributed by atoms with Gasteiger partial charge in [-0.15, -0.1) is 0 Å². The van der Waals surface area contributed by atoms with Gasteiger partial charge in [-0.1, -0.05) is 0 Å². The van der Waals surface area contributed by atoms with Gasteiger partial charge in [0.25, 0.3) is 0 Å². The van der Waals surface area contributed by atoms with Crippen molar-refractivity contribution in [3.8, 4) is 0 Å². The summed E-state index contributed by atoms with van der Waals surface area (Å²) in [5.41, 5.74) is 0. The maximum atomic E-state index is 4.33. The molecule has 0 radical (unpaired) electrons. The summed E-state index contributed by atoms with van der Waals surface area (Å²) in [4.78, 5) is 8.43. The molecule has 2 N–H and O–H groups in total. The zero-order chi connectivity index (χ0) is 9.97. The highest BCUT2D eigenvalue weighted by atomic mass is 79.9. The van der Waals surface area contributed by atoms with E-state index in [2.05, 4.69) is 36.5 Å². The molecule has 1 aromatic rings. The molecule has 0 saturated heterocycles. The molecule has 76 valence electrons. The van der Waals surface area contributed by atoms with E-state index in [9.17, 15) is 0 Å².